The molecule has 0 radical (unpaired) electrons. The predicted octanol–water partition coefficient (Wildman–Crippen LogP) is 2.65. The van der Waals surface area contributed by atoms with Crippen LogP contribution >= 0.6 is 0 Å². The van der Waals surface area contributed by atoms with Gasteiger partial charge in [0.2, 0.25) is 0 Å². The zero-order chi connectivity index (χ0) is 12.9. The third-order valence-electron chi connectivity index (χ3n) is 3.46. The van der Waals surface area contributed by atoms with E-state index < -0.39 is 0 Å². The summed E-state index contributed by atoms with van der Waals surface area (Å²) >= 11 is 0. The van der Waals surface area contributed by atoms with Crippen molar-refractivity contribution in [2.45, 2.75) is 32.2 Å². The van der Waals surface area contributed by atoms with Gasteiger partial charge in [0.25, 0.3) is 0 Å². The highest BCUT2D eigenvalue weighted by Crippen LogP contribution is 2.28. The van der Waals surface area contributed by atoms with Gasteiger partial charge in [-0.1, -0.05) is 26.0 Å². The molecule has 3 nitrogen and oxygen atoms in total. The molecule has 0 aromatic heterocycles. The molecular weight excluding hydrogens is 212 g/mol. The van der Waals surface area contributed by atoms with E-state index in [-0.39, 0.29) is 5.54 Å². The van der Waals surface area contributed by atoms with E-state index in [1.54, 1.807) is 7.11 Å². The third kappa shape index (κ3) is 3.37. The lowest BCUT2D eigenvalue weighted by Crippen LogP contribution is -2.48. The topological polar surface area (TPSA) is 38.5 Å². The van der Waals surface area contributed by atoms with E-state index in [0.29, 0.717) is 0 Å². The van der Waals surface area contributed by atoms with Crippen LogP contribution in [0.5, 0.6) is 5.75 Å². The van der Waals surface area contributed by atoms with Crippen LogP contribution in [0, 0.1) is 0 Å². The third-order valence-corrected chi connectivity index (χ3v) is 3.46. The number of likely N-dealkylation sites (N-methyl/N-ethyl adjacent to an activating group) is 1. The van der Waals surface area contributed by atoms with Gasteiger partial charge >= 0.3 is 0 Å². The molecule has 0 aliphatic carbocycles. The Hall–Kier alpha value is -1.22. The van der Waals surface area contributed by atoms with Gasteiger partial charge in [0.15, 0.2) is 0 Å². The Bertz CT molecular complexity index is 348. The number of methoxy groups -OCH3 is 1. The number of hydrogen-bond acceptors (Lipinski definition) is 3. The highest BCUT2D eigenvalue weighted by Gasteiger charge is 2.23. The van der Waals surface area contributed by atoms with Crippen molar-refractivity contribution < 1.29 is 4.74 Å². The van der Waals surface area contributed by atoms with Crippen LogP contribution in [0.15, 0.2) is 24.3 Å². The first-order valence-corrected chi connectivity index (χ1v) is 6.19. The number of nitrogens with two attached hydrogens (primary N) is 1. The number of anilines is 1. The Morgan fingerprint density at radius 1 is 1.24 bits per heavy atom. The van der Waals surface area contributed by atoms with Crippen LogP contribution < -0.4 is 15.4 Å². The zero-order valence-electron chi connectivity index (χ0n) is 11.4. The fraction of sp³-hybridized carbons (Fsp3) is 0.571. The molecule has 0 saturated heterocycles. The minimum atomic E-state index is -0.129. The molecule has 0 atom stereocenters. The summed E-state index contributed by atoms with van der Waals surface area (Å²) in [6, 6.07) is 8.03. The Labute approximate surface area is 105 Å². The number of hydrogen-bond donors (Lipinski definition) is 1. The quantitative estimate of drug-likeness (QED) is 0.825. The molecule has 0 amide bonds. The molecule has 17 heavy (non-hydrogen) atoms. The Morgan fingerprint density at radius 3 is 2.35 bits per heavy atom. The molecular formula is C14H24N2O. The SMILES string of the molecule is CCC(N)(CC)CN(C)c1ccccc1OC. The van der Waals surface area contributed by atoms with Crippen molar-refractivity contribution in [2.75, 3.05) is 25.6 Å². The molecule has 3 heteroatoms. The smallest absolute Gasteiger partial charge is 0.142 e. The summed E-state index contributed by atoms with van der Waals surface area (Å²) in [6.45, 7) is 5.11. The number of para-hydroxylation sites is 2. The van der Waals surface area contributed by atoms with Gasteiger partial charge in [0.05, 0.1) is 12.8 Å². The van der Waals surface area contributed by atoms with E-state index in [2.05, 4.69) is 31.9 Å². The van der Waals surface area contributed by atoms with Crippen LogP contribution in [-0.2, 0) is 0 Å². The Balaban J connectivity index is 2.85. The van der Waals surface area contributed by atoms with E-state index >= 15 is 0 Å². The summed E-state index contributed by atoms with van der Waals surface area (Å²) < 4.78 is 5.37. The van der Waals surface area contributed by atoms with Gasteiger partial charge in [-0.2, -0.15) is 0 Å². The van der Waals surface area contributed by atoms with Crippen LogP contribution in [0.25, 0.3) is 0 Å². The van der Waals surface area contributed by atoms with Gasteiger partial charge in [-0.05, 0) is 25.0 Å². The predicted molar refractivity (Wildman–Crippen MR) is 73.8 cm³/mol. The van der Waals surface area contributed by atoms with Crippen LogP contribution in [0.1, 0.15) is 26.7 Å². The monoisotopic (exact) mass is 236 g/mol. The first-order valence-electron chi connectivity index (χ1n) is 6.19. The maximum Gasteiger partial charge on any atom is 0.142 e. The molecule has 0 aliphatic rings. The standard InChI is InChI=1S/C14H24N2O/c1-5-14(15,6-2)11-16(3)12-9-7-8-10-13(12)17-4/h7-10H,5-6,11,15H2,1-4H3. The molecule has 0 heterocycles. The number of benzene rings is 1. The van der Waals surface area contributed by atoms with E-state index in [1.165, 1.54) is 0 Å². The largest absolute Gasteiger partial charge is 0.495 e. The highest BCUT2D eigenvalue weighted by atomic mass is 16.5. The fourth-order valence-corrected chi connectivity index (χ4v) is 1.98. The maximum atomic E-state index is 6.34. The van der Waals surface area contributed by atoms with Crippen molar-refractivity contribution in [1.82, 2.24) is 0 Å². The number of rotatable bonds is 6. The second-order valence-corrected chi connectivity index (χ2v) is 4.60. The van der Waals surface area contributed by atoms with Gasteiger partial charge in [-0.3, -0.25) is 0 Å². The van der Waals surface area contributed by atoms with E-state index in [4.69, 9.17) is 10.5 Å². The summed E-state index contributed by atoms with van der Waals surface area (Å²) in [5.41, 5.74) is 7.30. The normalized spacial score (nSPS) is 11.4. The first kappa shape index (κ1) is 13.8. The molecule has 96 valence electrons. The highest BCUT2D eigenvalue weighted by molar-refractivity contribution is 5.58. The van der Waals surface area contributed by atoms with E-state index in [1.807, 2.05) is 18.2 Å². The fourth-order valence-electron chi connectivity index (χ4n) is 1.98. The maximum absolute atomic E-state index is 6.34. The molecule has 0 fully saturated rings. The summed E-state index contributed by atoms with van der Waals surface area (Å²) in [7, 11) is 3.76. The van der Waals surface area contributed by atoms with Crippen LogP contribution in [0.4, 0.5) is 5.69 Å². The molecule has 1 aromatic carbocycles. The average molecular weight is 236 g/mol. The van der Waals surface area contributed by atoms with Crippen molar-refractivity contribution in [3.8, 4) is 5.75 Å². The molecule has 0 aliphatic heterocycles. The van der Waals surface area contributed by atoms with Crippen LogP contribution in [-0.4, -0.2) is 26.2 Å². The second-order valence-electron chi connectivity index (χ2n) is 4.60. The van der Waals surface area contributed by atoms with Crippen molar-refractivity contribution >= 4 is 5.69 Å². The van der Waals surface area contributed by atoms with Crippen molar-refractivity contribution in [2.24, 2.45) is 5.73 Å². The Kier molecular flexibility index (Phi) is 4.82. The van der Waals surface area contributed by atoms with Gasteiger partial charge in [-0.25, -0.2) is 0 Å². The Morgan fingerprint density at radius 2 is 1.82 bits per heavy atom. The molecule has 0 unspecified atom stereocenters. The van der Waals surface area contributed by atoms with Crippen molar-refractivity contribution in [3.05, 3.63) is 24.3 Å². The second kappa shape index (κ2) is 5.92. The number of nitrogens with zero attached hydrogens (tertiary/aromatic N) is 1. The minimum Gasteiger partial charge on any atom is -0.495 e. The lowest BCUT2D eigenvalue weighted by Gasteiger charge is -2.33. The van der Waals surface area contributed by atoms with Gasteiger partial charge < -0.3 is 15.4 Å². The molecule has 1 aromatic rings. The lowest BCUT2D eigenvalue weighted by atomic mass is 9.93. The minimum absolute atomic E-state index is 0.129. The molecule has 1 rings (SSSR count). The zero-order valence-corrected chi connectivity index (χ0v) is 11.4. The summed E-state index contributed by atoms with van der Waals surface area (Å²) in [5, 5.41) is 0. The molecule has 0 spiro atoms. The summed E-state index contributed by atoms with van der Waals surface area (Å²) in [4.78, 5) is 2.17. The van der Waals surface area contributed by atoms with Crippen molar-refractivity contribution in [3.63, 3.8) is 0 Å². The van der Waals surface area contributed by atoms with Crippen LogP contribution in [0.3, 0.4) is 0 Å². The van der Waals surface area contributed by atoms with E-state index in [9.17, 15) is 0 Å². The van der Waals surface area contributed by atoms with Gasteiger partial charge in [0, 0.05) is 19.1 Å². The lowest BCUT2D eigenvalue weighted by molar-refractivity contribution is 0.392. The molecule has 0 bridgehead atoms. The van der Waals surface area contributed by atoms with E-state index in [0.717, 1.165) is 30.8 Å². The average Bonchev–Trinajstić information content (AvgIpc) is 2.38. The molecule has 2 N–H and O–H groups in total. The first-order chi connectivity index (χ1) is 8.06. The van der Waals surface area contributed by atoms with Crippen molar-refractivity contribution in [1.29, 1.82) is 0 Å². The van der Waals surface area contributed by atoms with Crippen LogP contribution in [0.2, 0.25) is 0 Å². The summed E-state index contributed by atoms with van der Waals surface area (Å²) in [6.07, 6.45) is 1.95. The summed E-state index contributed by atoms with van der Waals surface area (Å²) in [5.74, 6) is 0.893. The number of ether oxygens (including phenoxy) is 1. The van der Waals surface area contributed by atoms with Gasteiger partial charge in [0.1, 0.15) is 5.75 Å². The van der Waals surface area contributed by atoms with Gasteiger partial charge in [-0.15, -0.1) is 0 Å². The molecule has 0 saturated carbocycles.